The van der Waals surface area contributed by atoms with Crippen LogP contribution in [0.3, 0.4) is 0 Å². The second kappa shape index (κ2) is 6.57. The highest BCUT2D eigenvalue weighted by Crippen LogP contribution is 2.36. The van der Waals surface area contributed by atoms with Crippen LogP contribution in [0.1, 0.15) is 57.7 Å². The van der Waals surface area contributed by atoms with E-state index < -0.39 is 0 Å². The number of nitrogens with zero attached hydrogens (tertiary/aromatic N) is 1. The number of thiazole rings is 1. The van der Waals surface area contributed by atoms with Crippen molar-refractivity contribution in [1.29, 1.82) is 0 Å². The molecule has 0 spiro atoms. The number of rotatable bonds is 4. The Morgan fingerprint density at radius 2 is 2.05 bits per heavy atom. The van der Waals surface area contributed by atoms with Crippen molar-refractivity contribution in [3.63, 3.8) is 0 Å². The van der Waals surface area contributed by atoms with E-state index in [1.54, 1.807) is 0 Å². The van der Waals surface area contributed by atoms with Crippen LogP contribution in [-0.4, -0.2) is 18.6 Å². The van der Waals surface area contributed by atoms with Crippen molar-refractivity contribution < 1.29 is 0 Å². The van der Waals surface area contributed by atoms with Crippen LogP contribution in [0.2, 0.25) is 0 Å². The molecule has 1 aromatic rings. The Morgan fingerprint density at radius 1 is 1.30 bits per heavy atom. The molecule has 0 amide bonds. The average Bonchev–Trinajstić information content (AvgIpc) is 2.81. The molecule has 0 bridgehead atoms. The zero-order valence-corrected chi connectivity index (χ0v) is 14.5. The van der Waals surface area contributed by atoms with Crippen LogP contribution in [0.15, 0.2) is 5.38 Å². The maximum absolute atomic E-state index is 4.89. The fraction of sp³-hybridized carbons (Fsp3) is 0.824. The summed E-state index contributed by atoms with van der Waals surface area (Å²) in [6.45, 7) is 10.3. The topological polar surface area (TPSA) is 24.9 Å². The third kappa shape index (κ3) is 4.05. The van der Waals surface area contributed by atoms with Crippen LogP contribution in [0, 0.1) is 17.8 Å². The van der Waals surface area contributed by atoms with Crippen LogP contribution < -0.4 is 5.32 Å². The molecule has 1 aromatic heterocycles. The van der Waals surface area contributed by atoms with E-state index in [0.29, 0.717) is 0 Å². The van der Waals surface area contributed by atoms with Crippen molar-refractivity contribution in [3.8, 4) is 0 Å². The second-order valence-electron chi connectivity index (χ2n) is 7.58. The summed E-state index contributed by atoms with van der Waals surface area (Å²) in [4.78, 5) is 4.89. The molecule has 0 saturated heterocycles. The van der Waals surface area contributed by atoms with E-state index in [1.165, 1.54) is 36.4 Å². The summed E-state index contributed by atoms with van der Waals surface area (Å²) >= 11 is 1.86. The molecule has 1 aliphatic rings. The molecule has 1 heterocycles. The van der Waals surface area contributed by atoms with Gasteiger partial charge in [0.25, 0.3) is 0 Å². The first-order valence-electron chi connectivity index (χ1n) is 7.99. The van der Waals surface area contributed by atoms with Gasteiger partial charge in [0.2, 0.25) is 0 Å². The van der Waals surface area contributed by atoms with Gasteiger partial charge in [0.1, 0.15) is 0 Å². The molecule has 3 atom stereocenters. The maximum atomic E-state index is 4.89. The fourth-order valence-corrected chi connectivity index (χ4v) is 4.43. The van der Waals surface area contributed by atoms with Crippen LogP contribution in [0.4, 0.5) is 0 Å². The van der Waals surface area contributed by atoms with E-state index in [0.717, 1.165) is 24.3 Å². The number of hydrogen-bond acceptors (Lipinski definition) is 3. The summed E-state index contributed by atoms with van der Waals surface area (Å²) in [5.41, 5.74) is 1.44. The van der Waals surface area contributed by atoms with E-state index in [2.05, 4.69) is 45.4 Å². The Morgan fingerprint density at radius 3 is 2.65 bits per heavy atom. The Hall–Kier alpha value is -0.410. The average molecular weight is 295 g/mol. The molecule has 114 valence electrons. The number of aromatic nitrogens is 1. The van der Waals surface area contributed by atoms with Gasteiger partial charge < -0.3 is 5.32 Å². The highest BCUT2D eigenvalue weighted by atomic mass is 32.1. The molecular formula is C17H30N2S. The van der Waals surface area contributed by atoms with Crippen molar-refractivity contribution in [2.45, 2.75) is 58.8 Å². The molecule has 0 radical (unpaired) electrons. The maximum Gasteiger partial charge on any atom is 0.0931 e. The third-order valence-electron chi connectivity index (χ3n) is 4.63. The van der Waals surface area contributed by atoms with Gasteiger partial charge in [0.15, 0.2) is 0 Å². The van der Waals surface area contributed by atoms with Crippen molar-refractivity contribution in [2.75, 3.05) is 13.6 Å². The minimum atomic E-state index is 0.180. The predicted octanol–water partition coefficient (Wildman–Crippen LogP) is 4.25. The Labute approximate surface area is 128 Å². The second-order valence-corrected chi connectivity index (χ2v) is 8.52. The summed E-state index contributed by atoms with van der Waals surface area (Å²) in [6.07, 6.45) is 5.33. The number of hydrogen-bond donors (Lipinski definition) is 1. The molecule has 2 rings (SSSR count). The van der Waals surface area contributed by atoms with Gasteiger partial charge in [-0.1, -0.05) is 34.1 Å². The molecule has 3 heteroatoms. The van der Waals surface area contributed by atoms with Gasteiger partial charge in [-0.15, -0.1) is 11.3 Å². The fourth-order valence-electron chi connectivity index (χ4n) is 3.32. The Bertz CT molecular complexity index is 419. The zero-order valence-electron chi connectivity index (χ0n) is 13.7. The minimum absolute atomic E-state index is 0.180. The summed E-state index contributed by atoms with van der Waals surface area (Å²) in [7, 11) is 2.08. The van der Waals surface area contributed by atoms with Crippen LogP contribution >= 0.6 is 11.3 Å². The van der Waals surface area contributed by atoms with E-state index in [9.17, 15) is 0 Å². The lowest BCUT2D eigenvalue weighted by Crippen LogP contribution is -2.32. The van der Waals surface area contributed by atoms with Crippen LogP contribution in [0.25, 0.3) is 0 Å². The lowest BCUT2D eigenvalue weighted by atomic mass is 9.73. The molecule has 1 fully saturated rings. The van der Waals surface area contributed by atoms with Crippen LogP contribution in [-0.2, 0) is 11.8 Å². The Kier molecular flexibility index (Phi) is 5.25. The van der Waals surface area contributed by atoms with Crippen molar-refractivity contribution in [3.05, 3.63) is 16.1 Å². The summed E-state index contributed by atoms with van der Waals surface area (Å²) < 4.78 is 0. The lowest BCUT2D eigenvalue weighted by molar-refractivity contribution is 0.186. The largest absolute Gasteiger partial charge is 0.319 e. The third-order valence-corrected chi connectivity index (χ3v) is 5.50. The normalized spacial score (nSPS) is 27.8. The molecule has 3 unspecified atom stereocenters. The Balaban J connectivity index is 2.04. The van der Waals surface area contributed by atoms with Gasteiger partial charge in [-0.25, -0.2) is 4.98 Å². The van der Waals surface area contributed by atoms with Gasteiger partial charge in [-0.3, -0.25) is 0 Å². The quantitative estimate of drug-likeness (QED) is 0.897. The SMILES string of the molecule is CNCC1CCC(C)CC1Cc1nc(C(C)(C)C)cs1. The van der Waals surface area contributed by atoms with Gasteiger partial charge in [0, 0.05) is 17.2 Å². The highest BCUT2D eigenvalue weighted by molar-refractivity contribution is 7.09. The van der Waals surface area contributed by atoms with Gasteiger partial charge in [-0.05, 0) is 44.2 Å². The van der Waals surface area contributed by atoms with E-state index in [1.807, 2.05) is 11.3 Å². The van der Waals surface area contributed by atoms with Gasteiger partial charge in [-0.2, -0.15) is 0 Å². The van der Waals surface area contributed by atoms with Crippen molar-refractivity contribution >= 4 is 11.3 Å². The minimum Gasteiger partial charge on any atom is -0.319 e. The molecule has 2 nitrogen and oxygen atoms in total. The van der Waals surface area contributed by atoms with E-state index in [4.69, 9.17) is 4.98 Å². The molecule has 20 heavy (non-hydrogen) atoms. The first-order chi connectivity index (χ1) is 9.40. The highest BCUT2D eigenvalue weighted by Gasteiger charge is 2.29. The van der Waals surface area contributed by atoms with Crippen molar-refractivity contribution in [2.24, 2.45) is 17.8 Å². The molecule has 0 aromatic carbocycles. The predicted molar refractivity (Wildman–Crippen MR) is 88.4 cm³/mol. The molecule has 1 saturated carbocycles. The van der Waals surface area contributed by atoms with Crippen molar-refractivity contribution in [1.82, 2.24) is 10.3 Å². The summed E-state index contributed by atoms with van der Waals surface area (Å²) in [5, 5.41) is 6.98. The van der Waals surface area contributed by atoms with Crippen LogP contribution in [0.5, 0.6) is 0 Å². The van der Waals surface area contributed by atoms with Gasteiger partial charge >= 0.3 is 0 Å². The standard InChI is InChI=1S/C17H30N2S/c1-12-6-7-13(10-18-5)14(8-12)9-16-19-15(11-20-16)17(2,3)4/h11-14,18H,6-10H2,1-5H3. The monoisotopic (exact) mass is 294 g/mol. The van der Waals surface area contributed by atoms with E-state index >= 15 is 0 Å². The molecule has 1 aliphatic carbocycles. The molecule has 1 N–H and O–H groups in total. The summed E-state index contributed by atoms with van der Waals surface area (Å²) in [6, 6.07) is 0. The van der Waals surface area contributed by atoms with E-state index in [-0.39, 0.29) is 5.41 Å². The zero-order chi connectivity index (χ0) is 14.8. The smallest absolute Gasteiger partial charge is 0.0931 e. The lowest BCUT2D eigenvalue weighted by Gasteiger charge is -2.34. The first kappa shape index (κ1) is 16.0. The number of nitrogens with one attached hydrogen (secondary N) is 1. The van der Waals surface area contributed by atoms with Gasteiger partial charge in [0.05, 0.1) is 10.7 Å². The molecule has 0 aliphatic heterocycles. The summed E-state index contributed by atoms with van der Waals surface area (Å²) in [5.74, 6) is 2.53. The molecular weight excluding hydrogens is 264 g/mol. The first-order valence-corrected chi connectivity index (χ1v) is 8.87.